The number of hydrogen-bond donors (Lipinski definition) is 1. The first-order valence-electron chi connectivity index (χ1n) is 11.2. The van der Waals surface area contributed by atoms with Crippen molar-refractivity contribution in [3.8, 4) is 11.1 Å². The van der Waals surface area contributed by atoms with Gasteiger partial charge in [0.15, 0.2) is 0 Å². The third-order valence-corrected chi connectivity index (χ3v) is 6.49. The number of amides is 1. The summed E-state index contributed by atoms with van der Waals surface area (Å²) in [5.41, 5.74) is 6.00. The second-order valence-corrected chi connectivity index (χ2v) is 8.81. The number of nitrogens with one attached hydrogen (secondary N) is 1. The molecule has 5 rings (SSSR count). The second kappa shape index (κ2) is 8.57. The van der Waals surface area contributed by atoms with Gasteiger partial charge in [-0.15, -0.1) is 0 Å². The molecule has 0 saturated carbocycles. The molecule has 7 nitrogen and oxygen atoms in total. The van der Waals surface area contributed by atoms with E-state index in [9.17, 15) is 4.79 Å². The van der Waals surface area contributed by atoms with Crippen LogP contribution in [-0.4, -0.2) is 48.6 Å². The molecule has 1 fully saturated rings. The first-order valence-corrected chi connectivity index (χ1v) is 11.2. The number of pyridine rings is 1. The van der Waals surface area contributed by atoms with Crippen LogP contribution >= 0.6 is 0 Å². The van der Waals surface area contributed by atoms with Crippen molar-refractivity contribution < 1.29 is 4.79 Å². The quantitative estimate of drug-likeness (QED) is 0.508. The summed E-state index contributed by atoms with van der Waals surface area (Å²) in [4.78, 5) is 27.0. The average molecular weight is 429 g/mol. The second-order valence-electron chi connectivity index (χ2n) is 8.81. The van der Waals surface area contributed by atoms with Crippen molar-refractivity contribution in [2.45, 2.75) is 45.1 Å². The van der Waals surface area contributed by atoms with Gasteiger partial charge in [0.2, 0.25) is 5.91 Å². The Morgan fingerprint density at radius 3 is 2.84 bits per heavy atom. The number of hydrogen-bond acceptors (Lipinski definition) is 4. The Labute approximate surface area is 187 Å². The lowest BCUT2D eigenvalue weighted by Crippen LogP contribution is -2.40. The largest absolute Gasteiger partial charge is 0.358 e. The summed E-state index contributed by atoms with van der Waals surface area (Å²) in [6, 6.07) is 10.7. The highest BCUT2D eigenvalue weighted by atomic mass is 16.2. The van der Waals surface area contributed by atoms with E-state index in [-0.39, 0.29) is 17.9 Å². The van der Waals surface area contributed by atoms with Crippen molar-refractivity contribution in [3.63, 3.8) is 0 Å². The molecular weight excluding hydrogens is 400 g/mol. The zero-order valence-electron chi connectivity index (χ0n) is 18.5. The van der Waals surface area contributed by atoms with Crippen LogP contribution in [0.5, 0.6) is 0 Å². The van der Waals surface area contributed by atoms with Crippen LogP contribution in [0.15, 0.2) is 55.4 Å². The van der Waals surface area contributed by atoms with E-state index in [1.54, 1.807) is 11.0 Å². The topological polar surface area (TPSA) is 79.7 Å². The molecule has 0 bridgehead atoms. The third-order valence-electron chi connectivity index (χ3n) is 6.49. The van der Waals surface area contributed by atoms with Gasteiger partial charge in [0.05, 0.1) is 6.04 Å². The molecule has 164 valence electrons. The number of likely N-dealkylation sites (tertiary alicyclic amines) is 1. The molecule has 1 aliphatic heterocycles. The maximum atomic E-state index is 13.1. The molecule has 1 aromatic carbocycles. The monoisotopic (exact) mass is 428 g/mol. The van der Waals surface area contributed by atoms with E-state index in [1.165, 1.54) is 28.5 Å². The Morgan fingerprint density at radius 1 is 1.22 bits per heavy atom. The van der Waals surface area contributed by atoms with Gasteiger partial charge in [0, 0.05) is 60.0 Å². The first-order chi connectivity index (χ1) is 15.6. The number of carbonyl (C=O) groups is 1. The van der Waals surface area contributed by atoms with Gasteiger partial charge in [0.25, 0.3) is 0 Å². The van der Waals surface area contributed by atoms with Crippen molar-refractivity contribution in [3.05, 3.63) is 66.6 Å². The van der Waals surface area contributed by atoms with Gasteiger partial charge in [-0.05, 0) is 56.5 Å². The summed E-state index contributed by atoms with van der Waals surface area (Å²) in [5, 5.41) is 5.41. The number of aromatic nitrogens is 5. The van der Waals surface area contributed by atoms with E-state index in [2.05, 4.69) is 57.3 Å². The number of aromatic amines is 1. The number of fused-ring (bicyclic) bond motifs is 1. The molecule has 1 aliphatic rings. The highest BCUT2D eigenvalue weighted by molar-refractivity contribution is 5.98. The van der Waals surface area contributed by atoms with Crippen LogP contribution in [0.1, 0.15) is 49.4 Å². The minimum atomic E-state index is -0.00573. The predicted molar refractivity (Wildman–Crippen MR) is 124 cm³/mol. The van der Waals surface area contributed by atoms with Crippen LogP contribution in [0.25, 0.3) is 22.0 Å². The van der Waals surface area contributed by atoms with Crippen LogP contribution in [0, 0.1) is 6.92 Å². The van der Waals surface area contributed by atoms with Crippen molar-refractivity contribution in [1.82, 2.24) is 29.6 Å². The molecule has 2 atom stereocenters. The zero-order chi connectivity index (χ0) is 22.1. The Kier molecular flexibility index (Phi) is 5.47. The molecule has 7 heteroatoms. The number of rotatable bonds is 5. The van der Waals surface area contributed by atoms with Crippen LogP contribution in [0.4, 0.5) is 0 Å². The normalized spacial score (nSPS) is 17.6. The summed E-state index contributed by atoms with van der Waals surface area (Å²) >= 11 is 0. The van der Waals surface area contributed by atoms with Gasteiger partial charge in [-0.2, -0.15) is 5.10 Å². The number of H-pyrrole nitrogens is 1. The standard InChI is InChI=1S/C25H28N6O/c1-17-5-6-22-21(12-17)24(19-7-9-26-10-8-19)25(29-22)20-4-3-11-30(14-20)23(32)13-18(2)31-16-27-15-28-31/h5-10,12,15-16,18,20,29H,3-4,11,13-14H2,1-2H3. The van der Waals surface area contributed by atoms with Crippen molar-refractivity contribution in [2.24, 2.45) is 0 Å². The maximum absolute atomic E-state index is 13.1. The lowest BCUT2D eigenvalue weighted by atomic mass is 9.89. The van der Waals surface area contributed by atoms with E-state index in [1.807, 2.05) is 24.2 Å². The fraction of sp³-hybridized carbons (Fsp3) is 0.360. The molecule has 0 spiro atoms. The minimum absolute atomic E-state index is 0.00573. The molecule has 4 aromatic rings. The van der Waals surface area contributed by atoms with Gasteiger partial charge in [-0.1, -0.05) is 11.6 Å². The SMILES string of the molecule is Cc1ccc2[nH]c(C3CCCN(C(=O)CC(C)n4cncn4)C3)c(-c3ccncc3)c2c1. The van der Waals surface area contributed by atoms with Crippen molar-refractivity contribution >= 4 is 16.8 Å². The number of aryl methyl sites for hydroxylation is 1. The maximum Gasteiger partial charge on any atom is 0.224 e. The number of carbonyl (C=O) groups excluding carboxylic acids is 1. The molecule has 3 aromatic heterocycles. The molecule has 32 heavy (non-hydrogen) atoms. The fourth-order valence-corrected chi connectivity index (χ4v) is 4.82. The summed E-state index contributed by atoms with van der Waals surface area (Å²) in [6.07, 6.45) is 9.36. The van der Waals surface area contributed by atoms with Gasteiger partial charge >= 0.3 is 0 Å². The number of benzene rings is 1. The highest BCUT2D eigenvalue weighted by Gasteiger charge is 2.29. The van der Waals surface area contributed by atoms with Crippen LogP contribution < -0.4 is 0 Å². The Morgan fingerprint density at radius 2 is 2.06 bits per heavy atom. The van der Waals surface area contributed by atoms with Gasteiger partial charge in [-0.3, -0.25) is 9.78 Å². The average Bonchev–Trinajstić information content (AvgIpc) is 3.48. The lowest BCUT2D eigenvalue weighted by molar-refractivity contribution is -0.133. The minimum Gasteiger partial charge on any atom is -0.358 e. The molecule has 0 aliphatic carbocycles. The van der Waals surface area contributed by atoms with Gasteiger partial charge < -0.3 is 9.88 Å². The fourth-order valence-electron chi connectivity index (χ4n) is 4.82. The molecule has 0 radical (unpaired) electrons. The van der Waals surface area contributed by atoms with Crippen molar-refractivity contribution in [1.29, 1.82) is 0 Å². The number of nitrogens with zero attached hydrogens (tertiary/aromatic N) is 5. The van der Waals surface area contributed by atoms with E-state index < -0.39 is 0 Å². The van der Waals surface area contributed by atoms with Crippen LogP contribution in [-0.2, 0) is 4.79 Å². The Hall–Kier alpha value is -3.48. The van der Waals surface area contributed by atoms with E-state index in [0.717, 1.165) is 37.0 Å². The van der Waals surface area contributed by atoms with Crippen molar-refractivity contribution in [2.75, 3.05) is 13.1 Å². The third kappa shape index (κ3) is 3.90. The molecule has 1 amide bonds. The van der Waals surface area contributed by atoms with Gasteiger partial charge in [0.1, 0.15) is 12.7 Å². The lowest BCUT2D eigenvalue weighted by Gasteiger charge is -2.33. The molecular formula is C25H28N6O. The molecule has 1 saturated heterocycles. The molecule has 4 heterocycles. The van der Waals surface area contributed by atoms with E-state index in [0.29, 0.717) is 6.42 Å². The first kappa shape index (κ1) is 20.4. The van der Waals surface area contributed by atoms with E-state index in [4.69, 9.17) is 0 Å². The molecule has 1 N–H and O–H groups in total. The Balaban J connectivity index is 1.44. The van der Waals surface area contributed by atoms with Crippen LogP contribution in [0.3, 0.4) is 0 Å². The summed E-state index contributed by atoms with van der Waals surface area (Å²) in [6.45, 7) is 5.67. The highest BCUT2D eigenvalue weighted by Crippen LogP contribution is 2.39. The summed E-state index contributed by atoms with van der Waals surface area (Å²) in [7, 11) is 0. The molecule has 2 unspecified atom stereocenters. The Bertz CT molecular complexity index is 1210. The summed E-state index contributed by atoms with van der Waals surface area (Å²) in [5.74, 6) is 0.445. The zero-order valence-corrected chi connectivity index (χ0v) is 18.5. The summed E-state index contributed by atoms with van der Waals surface area (Å²) < 4.78 is 1.75. The van der Waals surface area contributed by atoms with Gasteiger partial charge in [-0.25, -0.2) is 9.67 Å². The predicted octanol–water partition coefficient (Wildman–Crippen LogP) is 4.49. The van der Waals surface area contributed by atoms with Crippen LogP contribution in [0.2, 0.25) is 0 Å². The van der Waals surface area contributed by atoms with E-state index >= 15 is 0 Å². The smallest absolute Gasteiger partial charge is 0.224 e. The number of piperidine rings is 1.